The summed E-state index contributed by atoms with van der Waals surface area (Å²) in [4.78, 5) is 15.7. The molecule has 0 saturated heterocycles. The highest BCUT2D eigenvalue weighted by atomic mass is 32.2. The molecule has 10 heteroatoms. The molecule has 0 unspecified atom stereocenters. The highest BCUT2D eigenvalue weighted by molar-refractivity contribution is 7.89. The molecule has 0 fully saturated rings. The van der Waals surface area contributed by atoms with E-state index in [-0.39, 0.29) is 30.4 Å². The van der Waals surface area contributed by atoms with E-state index in [1.165, 1.54) is 16.6 Å². The second-order valence-electron chi connectivity index (χ2n) is 4.95. The second kappa shape index (κ2) is 7.22. The fraction of sp³-hybridized carbons (Fsp3) is 0.429. The first-order valence-corrected chi connectivity index (χ1v) is 8.75. The highest BCUT2D eigenvalue weighted by Gasteiger charge is 2.22. The van der Waals surface area contributed by atoms with Crippen molar-refractivity contribution in [3.8, 4) is 0 Å². The molecule has 7 nitrogen and oxygen atoms in total. The van der Waals surface area contributed by atoms with Gasteiger partial charge in [-0.2, -0.15) is 13.1 Å². The second-order valence-corrected chi connectivity index (χ2v) is 6.89. The number of rotatable bonds is 7. The van der Waals surface area contributed by atoms with E-state index in [2.05, 4.69) is 4.98 Å². The highest BCUT2D eigenvalue weighted by Crippen LogP contribution is 2.16. The van der Waals surface area contributed by atoms with Crippen LogP contribution in [0.3, 0.4) is 0 Å². The van der Waals surface area contributed by atoms with Gasteiger partial charge in [0.2, 0.25) is 10.0 Å². The molecule has 0 radical (unpaired) electrons. The molecule has 0 aromatic carbocycles. The van der Waals surface area contributed by atoms with Crippen molar-refractivity contribution in [3.63, 3.8) is 0 Å². The zero-order valence-corrected chi connectivity index (χ0v) is 14.1. The number of pyridine rings is 1. The summed E-state index contributed by atoms with van der Waals surface area (Å²) in [6, 6.07) is 2.32. The fourth-order valence-corrected chi connectivity index (χ4v) is 3.77. The number of hydrogen-bond acceptors (Lipinski definition) is 4. The number of halogens is 2. The Labute approximate surface area is 138 Å². The molecule has 0 atom stereocenters. The summed E-state index contributed by atoms with van der Waals surface area (Å²) in [6.07, 6.45) is 3.45. The van der Waals surface area contributed by atoms with Gasteiger partial charge in [0.05, 0.1) is 11.4 Å². The molecule has 0 N–H and O–H groups in total. The summed E-state index contributed by atoms with van der Waals surface area (Å²) < 4.78 is 53.7. The van der Waals surface area contributed by atoms with E-state index in [1.807, 2.05) is 0 Å². The van der Waals surface area contributed by atoms with E-state index >= 15 is 0 Å². The molecule has 24 heavy (non-hydrogen) atoms. The van der Waals surface area contributed by atoms with Gasteiger partial charge in [0, 0.05) is 37.7 Å². The van der Waals surface area contributed by atoms with Crippen LogP contribution in [-0.4, -0.2) is 39.9 Å². The summed E-state index contributed by atoms with van der Waals surface area (Å²) in [5.74, 6) is -0.0375. The molecule has 2 rings (SSSR count). The maximum Gasteiger partial charge on any atom is 0.319 e. The van der Waals surface area contributed by atoms with Crippen LogP contribution in [0.2, 0.25) is 0 Å². The molecule has 0 aliphatic carbocycles. The number of alkyl halides is 2. The van der Waals surface area contributed by atoms with Crippen molar-refractivity contribution in [1.29, 1.82) is 0 Å². The largest absolute Gasteiger partial charge is 0.319 e. The minimum absolute atomic E-state index is 0.0375. The third-order valence-electron chi connectivity index (χ3n) is 3.57. The lowest BCUT2D eigenvalue weighted by Gasteiger charge is -2.19. The van der Waals surface area contributed by atoms with Gasteiger partial charge in [-0.05, 0) is 6.07 Å². The normalized spacial score (nSPS) is 12.2. The van der Waals surface area contributed by atoms with Crippen molar-refractivity contribution in [2.45, 2.75) is 31.8 Å². The van der Waals surface area contributed by atoms with Gasteiger partial charge < -0.3 is 4.57 Å². The van der Waals surface area contributed by atoms with Crippen molar-refractivity contribution < 1.29 is 17.2 Å². The first-order chi connectivity index (χ1) is 11.3. The van der Waals surface area contributed by atoms with Gasteiger partial charge in [0.1, 0.15) is 5.82 Å². The minimum atomic E-state index is -3.75. The average Bonchev–Trinajstić information content (AvgIpc) is 2.98. The standard InChI is InChI=1S/C14H18F2N4O3S/c1-3-19(4-2)24(22,23)11-5-6-13(21)18(9-11)10-12-17-7-8-20(12)14(15)16/h5-9,14H,3-4,10H2,1-2H3. The molecule has 0 saturated carbocycles. The van der Waals surface area contributed by atoms with Gasteiger partial charge >= 0.3 is 6.55 Å². The molecule has 0 bridgehead atoms. The topological polar surface area (TPSA) is 77.2 Å². The van der Waals surface area contributed by atoms with Crippen molar-refractivity contribution in [1.82, 2.24) is 18.4 Å². The predicted octanol–water partition coefficient (Wildman–Crippen LogP) is 1.52. The van der Waals surface area contributed by atoms with Gasteiger partial charge in [0.15, 0.2) is 0 Å². The third-order valence-corrected chi connectivity index (χ3v) is 5.60. The van der Waals surface area contributed by atoms with Gasteiger partial charge in [-0.15, -0.1) is 0 Å². The monoisotopic (exact) mass is 360 g/mol. The molecule has 0 amide bonds. The Hall–Kier alpha value is -2.07. The Morgan fingerprint density at radius 1 is 1.25 bits per heavy atom. The van der Waals surface area contributed by atoms with E-state index in [0.29, 0.717) is 4.57 Å². The lowest BCUT2D eigenvalue weighted by molar-refractivity contribution is 0.0666. The van der Waals surface area contributed by atoms with Crippen LogP contribution < -0.4 is 5.56 Å². The molecule has 132 valence electrons. The van der Waals surface area contributed by atoms with Crippen molar-refractivity contribution in [2.24, 2.45) is 0 Å². The SMILES string of the molecule is CCN(CC)S(=O)(=O)c1ccc(=O)n(Cc2nccn2C(F)F)c1. The lowest BCUT2D eigenvalue weighted by atomic mass is 10.4. The summed E-state index contributed by atoms with van der Waals surface area (Å²) in [5, 5.41) is 0. The minimum Gasteiger partial charge on any atom is -0.307 e. The van der Waals surface area contributed by atoms with E-state index in [1.54, 1.807) is 13.8 Å². The number of imidazole rings is 1. The van der Waals surface area contributed by atoms with Crippen LogP contribution in [0.15, 0.2) is 40.4 Å². The Kier molecular flexibility index (Phi) is 5.50. The van der Waals surface area contributed by atoms with Crippen molar-refractivity contribution in [2.75, 3.05) is 13.1 Å². The molecule has 2 aromatic heterocycles. The van der Waals surface area contributed by atoms with Crippen LogP contribution in [-0.2, 0) is 16.6 Å². The molecule has 0 aliphatic rings. The smallest absolute Gasteiger partial charge is 0.307 e. The number of sulfonamides is 1. The zero-order valence-electron chi connectivity index (χ0n) is 13.3. The predicted molar refractivity (Wildman–Crippen MR) is 83.4 cm³/mol. The van der Waals surface area contributed by atoms with E-state index < -0.39 is 22.1 Å². The maximum absolute atomic E-state index is 12.9. The van der Waals surface area contributed by atoms with Crippen molar-refractivity contribution in [3.05, 3.63) is 46.9 Å². The zero-order chi connectivity index (χ0) is 17.9. The van der Waals surface area contributed by atoms with Gasteiger partial charge in [-0.25, -0.2) is 13.4 Å². The van der Waals surface area contributed by atoms with Crippen LogP contribution >= 0.6 is 0 Å². The lowest BCUT2D eigenvalue weighted by Crippen LogP contribution is -2.32. The number of aromatic nitrogens is 3. The quantitative estimate of drug-likeness (QED) is 0.750. The summed E-state index contributed by atoms with van der Waals surface area (Å²) in [6.45, 7) is 0.938. The summed E-state index contributed by atoms with van der Waals surface area (Å²) >= 11 is 0. The molecule has 0 spiro atoms. The molecule has 2 heterocycles. The first-order valence-electron chi connectivity index (χ1n) is 7.31. The fourth-order valence-electron chi connectivity index (χ4n) is 2.29. The van der Waals surface area contributed by atoms with Crippen LogP contribution in [0, 0.1) is 0 Å². The van der Waals surface area contributed by atoms with E-state index in [4.69, 9.17) is 0 Å². The Morgan fingerprint density at radius 2 is 1.92 bits per heavy atom. The summed E-state index contributed by atoms with van der Waals surface area (Å²) in [7, 11) is -3.75. The Morgan fingerprint density at radius 3 is 2.50 bits per heavy atom. The van der Waals surface area contributed by atoms with E-state index in [0.717, 1.165) is 23.0 Å². The first kappa shape index (κ1) is 18.3. The average molecular weight is 360 g/mol. The Balaban J connectivity index is 2.43. The van der Waals surface area contributed by atoms with E-state index in [9.17, 15) is 22.0 Å². The number of hydrogen-bond donors (Lipinski definition) is 0. The van der Waals surface area contributed by atoms with Crippen LogP contribution in [0.1, 0.15) is 26.2 Å². The molecule has 2 aromatic rings. The molecular weight excluding hydrogens is 342 g/mol. The third kappa shape index (κ3) is 3.54. The molecule has 0 aliphatic heterocycles. The van der Waals surface area contributed by atoms with Gasteiger partial charge in [0.25, 0.3) is 5.56 Å². The number of nitrogens with zero attached hydrogens (tertiary/aromatic N) is 4. The van der Waals surface area contributed by atoms with Crippen molar-refractivity contribution >= 4 is 10.0 Å². The van der Waals surface area contributed by atoms with Crippen LogP contribution in [0.4, 0.5) is 8.78 Å². The maximum atomic E-state index is 12.9. The van der Waals surface area contributed by atoms with Crippen LogP contribution in [0.25, 0.3) is 0 Å². The van der Waals surface area contributed by atoms with Gasteiger partial charge in [-0.3, -0.25) is 9.36 Å². The Bertz CT molecular complexity index is 857. The van der Waals surface area contributed by atoms with Crippen LogP contribution in [0.5, 0.6) is 0 Å². The molecular formula is C14H18F2N4O3S. The van der Waals surface area contributed by atoms with Gasteiger partial charge in [-0.1, -0.05) is 13.8 Å². The summed E-state index contributed by atoms with van der Waals surface area (Å²) in [5.41, 5.74) is -0.502.